The highest BCUT2D eigenvalue weighted by Gasteiger charge is 2.43. The number of pyridine rings is 2. The number of hydrogen-bond donors (Lipinski definition) is 2. The van der Waals surface area contributed by atoms with Crippen LogP contribution in [0.5, 0.6) is 0 Å². The maximum Gasteiger partial charge on any atom is 0.223 e. The first kappa shape index (κ1) is 24.9. The smallest absolute Gasteiger partial charge is 0.223 e. The Balaban J connectivity index is 1.36. The second kappa shape index (κ2) is 9.54. The molecule has 1 aromatic carbocycles. The van der Waals surface area contributed by atoms with Gasteiger partial charge in [0, 0.05) is 43.8 Å². The van der Waals surface area contributed by atoms with Crippen molar-refractivity contribution in [3.63, 3.8) is 0 Å². The lowest BCUT2D eigenvalue weighted by atomic mass is 9.80. The molecule has 11 heteroatoms. The maximum atomic E-state index is 12.7. The Kier molecular flexibility index (Phi) is 5.81. The molecule has 11 nitrogen and oxygen atoms in total. The van der Waals surface area contributed by atoms with E-state index in [4.69, 9.17) is 21.4 Å². The number of imidazole rings is 1. The Morgan fingerprint density at radius 2 is 1.93 bits per heavy atom. The van der Waals surface area contributed by atoms with Gasteiger partial charge in [-0.1, -0.05) is 6.07 Å². The number of anilines is 1. The molecule has 0 bridgehead atoms. The van der Waals surface area contributed by atoms with Crippen LogP contribution in [-0.2, 0) is 16.0 Å². The van der Waals surface area contributed by atoms with Crippen molar-refractivity contribution >= 4 is 28.8 Å². The van der Waals surface area contributed by atoms with Crippen LogP contribution in [0.2, 0.25) is 0 Å². The summed E-state index contributed by atoms with van der Waals surface area (Å²) in [5.41, 5.74) is 17.5. The second-order valence-electron chi connectivity index (χ2n) is 10.7. The predicted octanol–water partition coefficient (Wildman–Crippen LogP) is 3.00. The quantitative estimate of drug-likeness (QED) is 0.332. The van der Waals surface area contributed by atoms with E-state index in [1.54, 1.807) is 29.0 Å². The average Bonchev–Trinajstić information content (AvgIpc) is 3.77. The first-order valence-electron chi connectivity index (χ1n) is 13.7. The third-order valence-electron chi connectivity index (χ3n) is 8.54. The molecular formula is C30H29N9O2. The first-order chi connectivity index (χ1) is 19.9. The number of hydrogen-bond acceptors (Lipinski definition) is 7. The fourth-order valence-electron chi connectivity index (χ4n) is 6.56. The number of rotatable bonds is 6. The van der Waals surface area contributed by atoms with E-state index in [0.717, 1.165) is 29.7 Å². The Hall–Kier alpha value is -5.06. The average molecular weight is 548 g/mol. The lowest BCUT2D eigenvalue weighted by molar-refractivity contribution is -0.130. The zero-order chi connectivity index (χ0) is 28.2. The summed E-state index contributed by atoms with van der Waals surface area (Å²) in [7, 11) is 1.77. The van der Waals surface area contributed by atoms with Crippen LogP contribution in [-0.4, -0.2) is 59.1 Å². The number of amides is 2. The van der Waals surface area contributed by atoms with Crippen LogP contribution in [0.4, 0.5) is 5.82 Å². The zero-order valence-corrected chi connectivity index (χ0v) is 22.5. The molecule has 2 aliphatic rings. The van der Waals surface area contributed by atoms with Crippen molar-refractivity contribution in [1.29, 1.82) is 0 Å². The normalized spacial score (nSPS) is 19.1. The summed E-state index contributed by atoms with van der Waals surface area (Å²) < 4.78 is 3.70. The van der Waals surface area contributed by atoms with Crippen LogP contribution in [0.25, 0.3) is 34.1 Å². The van der Waals surface area contributed by atoms with E-state index < -0.39 is 5.92 Å². The maximum absolute atomic E-state index is 12.7. The largest absolute Gasteiger partial charge is 0.383 e. The second-order valence-corrected chi connectivity index (χ2v) is 10.7. The Morgan fingerprint density at radius 3 is 2.66 bits per heavy atom. The summed E-state index contributed by atoms with van der Waals surface area (Å²) in [5.74, 6) is 0.886. The minimum atomic E-state index is -0.434. The number of likely N-dealkylation sites (tertiary alicyclic amines) is 1. The topological polar surface area (TPSA) is 151 Å². The predicted molar refractivity (Wildman–Crippen MR) is 153 cm³/mol. The lowest BCUT2D eigenvalue weighted by Gasteiger charge is -2.31. The lowest BCUT2D eigenvalue weighted by Crippen LogP contribution is -2.44. The molecule has 1 fully saturated rings. The molecule has 4 N–H and O–H groups in total. The molecule has 5 heterocycles. The number of carbonyl (C=O) groups is 2. The van der Waals surface area contributed by atoms with Gasteiger partial charge in [0.2, 0.25) is 11.8 Å². The molecule has 5 aromatic rings. The van der Waals surface area contributed by atoms with Crippen LogP contribution >= 0.6 is 0 Å². The summed E-state index contributed by atoms with van der Waals surface area (Å²) in [5, 5.41) is 4.34. The molecule has 0 radical (unpaired) electrons. The molecule has 2 amide bonds. The van der Waals surface area contributed by atoms with Gasteiger partial charge in [0.1, 0.15) is 11.3 Å². The van der Waals surface area contributed by atoms with E-state index in [-0.39, 0.29) is 23.8 Å². The molecule has 1 aliphatic carbocycles. The van der Waals surface area contributed by atoms with Crippen molar-refractivity contribution in [1.82, 2.24) is 34.2 Å². The van der Waals surface area contributed by atoms with Crippen LogP contribution < -0.4 is 11.5 Å². The number of benzene rings is 1. The number of aromatic nitrogens is 6. The molecule has 3 atom stereocenters. The first-order valence-corrected chi connectivity index (χ1v) is 13.7. The number of primary amides is 1. The minimum Gasteiger partial charge on any atom is -0.383 e. The molecule has 1 aliphatic heterocycles. The van der Waals surface area contributed by atoms with E-state index in [9.17, 15) is 9.59 Å². The molecule has 4 aromatic heterocycles. The Morgan fingerprint density at radius 1 is 1.05 bits per heavy atom. The summed E-state index contributed by atoms with van der Waals surface area (Å²) in [4.78, 5) is 40.9. The summed E-state index contributed by atoms with van der Waals surface area (Å²) >= 11 is 0. The third kappa shape index (κ3) is 4.03. The van der Waals surface area contributed by atoms with Gasteiger partial charge in [-0.15, -0.1) is 0 Å². The van der Waals surface area contributed by atoms with Crippen molar-refractivity contribution in [3.8, 4) is 22.9 Å². The van der Waals surface area contributed by atoms with Gasteiger partial charge in [-0.3, -0.25) is 14.2 Å². The summed E-state index contributed by atoms with van der Waals surface area (Å²) in [6.07, 6.45) is 7.89. The van der Waals surface area contributed by atoms with Crippen molar-refractivity contribution in [2.24, 2.45) is 11.7 Å². The van der Waals surface area contributed by atoms with Crippen LogP contribution in [0.3, 0.4) is 0 Å². The van der Waals surface area contributed by atoms with Crippen LogP contribution in [0.1, 0.15) is 36.3 Å². The summed E-state index contributed by atoms with van der Waals surface area (Å²) in [6.45, 7) is 0. The number of carbonyl (C=O) groups excluding carboxylic acids is 2. The van der Waals surface area contributed by atoms with E-state index in [2.05, 4.69) is 22.2 Å². The standard InChI is InChI=1S/C30H29N9O2/c1-37-23(10-12-25(37)40)26(28(32)41)20-7-5-17-16-18(6-8-19(17)20)39-29(21-4-2-13-33-27(21)31)35-22-9-11-24(36-30(22)39)38-15-3-14-34-38/h2-4,6,8-9,11,13-16,20,23,26H,5,7,10,12H2,1H3,(H2,31,33)(H2,32,41)/t20-,23?,26?/m1/s1. The highest BCUT2D eigenvalue weighted by Crippen LogP contribution is 2.44. The molecular weight excluding hydrogens is 518 g/mol. The molecule has 7 rings (SSSR count). The third-order valence-corrected chi connectivity index (χ3v) is 8.54. The SMILES string of the molecule is CN1C(=O)CCC1C(C(N)=O)[C@@H]1CCc2cc(-n3c(-c4cccnc4N)nc4ccc(-n5cccn5)nc43)ccc21. The van der Waals surface area contributed by atoms with Gasteiger partial charge in [-0.2, -0.15) is 5.10 Å². The molecule has 41 heavy (non-hydrogen) atoms. The zero-order valence-electron chi connectivity index (χ0n) is 22.5. The van der Waals surface area contributed by atoms with Crippen LogP contribution in [0, 0.1) is 5.92 Å². The van der Waals surface area contributed by atoms with Gasteiger partial charge in [0.25, 0.3) is 0 Å². The van der Waals surface area contributed by atoms with Gasteiger partial charge in [-0.05, 0) is 78.8 Å². The van der Waals surface area contributed by atoms with Gasteiger partial charge in [0.05, 0.1) is 11.5 Å². The molecule has 206 valence electrons. The summed E-state index contributed by atoms with van der Waals surface area (Å²) in [6, 6.07) is 15.4. The molecule has 0 spiro atoms. The molecule has 0 saturated carbocycles. The van der Waals surface area contributed by atoms with Crippen molar-refractivity contribution in [2.45, 2.75) is 37.6 Å². The van der Waals surface area contributed by atoms with E-state index in [1.165, 1.54) is 0 Å². The van der Waals surface area contributed by atoms with E-state index in [1.807, 2.05) is 47.2 Å². The van der Waals surface area contributed by atoms with Crippen LogP contribution in [0.15, 0.2) is 67.1 Å². The van der Waals surface area contributed by atoms with E-state index >= 15 is 0 Å². The van der Waals surface area contributed by atoms with Gasteiger partial charge in [0.15, 0.2) is 17.3 Å². The fraction of sp³-hybridized carbons (Fsp3) is 0.267. The number of fused-ring (bicyclic) bond motifs is 2. The van der Waals surface area contributed by atoms with Crippen molar-refractivity contribution < 1.29 is 9.59 Å². The minimum absolute atomic E-state index is 0.0487. The number of nitrogens with two attached hydrogens (primary N) is 2. The number of nitrogens with zero attached hydrogens (tertiary/aromatic N) is 7. The van der Waals surface area contributed by atoms with Gasteiger partial charge < -0.3 is 16.4 Å². The number of aryl methyl sites for hydroxylation is 1. The Bertz CT molecular complexity index is 1810. The van der Waals surface area contributed by atoms with E-state index in [0.29, 0.717) is 47.0 Å². The van der Waals surface area contributed by atoms with Gasteiger partial charge in [-0.25, -0.2) is 19.6 Å². The highest BCUT2D eigenvalue weighted by atomic mass is 16.2. The molecule has 1 saturated heterocycles. The Labute approximate surface area is 235 Å². The molecule has 2 unspecified atom stereocenters. The van der Waals surface area contributed by atoms with Crippen molar-refractivity contribution in [3.05, 3.63) is 78.2 Å². The monoisotopic (exact) mass is 547 g/mol. The fourth-order valence-corrected chi connectivity index (χ4v) is 6.56. The van der Waals surface area contributed by atoms with Crippen molar-refractivity contribution in [2.75, 3.05) is 12.8 Å². The number of nitrogen functional groups attached to an aromatic ring is 1. The van der Waals surface area contributed by atoms with Gasteiger partial charge >= 0.3 is 0 Å². The highest BCUT2D eigenvalue weighted by molar-refractivity contribution is 5.85.